The van der Waals surface area contributed by atoms with Gasteiger partial charge in [-0.1, -0.05) is 12.1 Å². The van der Waals surface area contributed by atoms with E-state index in [1.54, 1.807) is 30.3 Å². The summed E-state index contributed by atoms with van der Waals surface area (Å²) in [6.45, 7) is 4.34. The Hall–Kier alpha value is -2.62. The average Bonchev–Trinajstić information content (AvgIpc) is 3.15. The van der Waals surface area contributed by atoms with Gasteiger partial charge in [0.05, 0.1) is 6.61 Å². The van der Waals surface area contributed by atoms with E-state index in [1.807, 2.05) is 32.0 Å². The summed E-state index contributed by atoms with van der Waals surface area (Å²) in [7, 11) is -3.73. The summed E-state index contributed by atoms with van der Waals surface area (Å²) >= 11 is 0. The van der Waals surface area contributed by atoms with Crippen LogP contribution in [0.25, 0.3) is 0 Å². The molecule has 1 aliphatic heterocycles. The minimum absolute atomic E-state index is 0.101. The van der Waals surface area contributed by atoms with Crippen molar-refractivity contribution in [2.75, 3.05) is 16.6 Å². The third-order valence-corrected chi connectivity index (χ3v) is 5.85. The molecule has 2 aromatic rings. The standard InChI is InChI=1S/C19H24N4O4S/c1-3-27-16-9-7-14(8-10-16)23-28(25,26)18-12-17(21-22-18)19(24)20-15-6-4-5-13(2)11-15/h4-11,17-18,21-23H,3,12H2,1-2H3,(H,20,24). The van der Waals surface area contributed by atoms with Crippen molar-refractivity contribution in [1.82, 2.24) is 10.9 Å². The summed E-state index contributed by atoms with van der Waals surface area (Å²) in [5.74, 6) is 0.371. The van der Waals surface area contributed by atoms with Crippen LogP contribution in [0.4, 0.5) is 11.4 Å². The zero-order valence-corrected chi connectivity index (χ0v) is 16.5. The first kappa shape index (κ1) is 20.1. The second-order valence-electron chi connectivity index (χ2n) is 6.53. The highest BCUT2D eigenvalue weighted by Gasteiger charge is 2.37. The zero-order chi connectivity index (χ0) is 20.1. The van der Waals surface area contributed by atoms with Gasteiger partial charge in [0.1, 0.15) is 17.2 Å². The van der Waals surface area contributed by atoms with Gasteiger partial charge < -0.3 is 10.1 Å². The fraction of sp³-hybridized carbons (Fsp3) is 0.316. The molecule has 2 atom stereocenters. The Bertz CT molecular complexity index is 931. The third-order valence-electron chi connectivity index (χ3n) is 4.27. The smallest absolute Gasteiger partial charge is 0.250 e. The molecule has 0 radical (unpaired) electrons. The van der Waals surface area contributed by atoms with Gasteiger partial charge in [-0.25, -0.2) is 19.3 Å². The molecule has 9 heteroatoms. The van der Waals surface area contributed by atoms with Crippen LogP contribution in [0, 0.1) is 6.92 Å². The molecule has 1 aliphatic rings. The van der Waals surface area contributed by atoms with Crippen LogP contribution in [0.2, 0.25) is 0 Å². The number of hydrazine groups is 1. The first-order valence-corrected chi connectivity index (χ1v) is 10.5. The van der Waals surface area contributed by atoms with Crippen LogP contribution in [0.3, 0.4) is 0 Å². The molecule has 1 fully saturated rings. The lowest BCUT2D eigenvalue weighted by Gasteiger charge is -2.14. The van der Waals surface area contributed by atoms with Gasteiger partial charge in [0.2, 0.25) is 15.9 Å². The fourth-order valence-corrected chi connectivity index (χ4v) is 4.15. The maximum atomic E-state index is 12.6. The average molecular weight is 404 g/mol. The van der Waals surface area contributed by atoms with Gasteiger partial charge in [0, 0.05) is 17.8 Å². The van der Waals surface area contributed by atoms with E-state index in [4.69, 9.17) is 4.74 Å². The van der Waals surface area contributed by atoms with Crippen LogP contribution in [0.1, 0.15) is 18.9 Å². The van der Waals surface area contributed by atoms with Gasteiger partial charge in [0.15, 0.2) is 0 Å². The quantitative estimate of drug-likeness (QED) is 0.562. The van der Waals surface area contributed by atoms with E-state index in [9.17, 15) is 13.2 Å². The molecule has 3 rings (SSSR count). The number of aryl methyl sites for hydroxylation is 1. The van der Waals surface area contributed by atoms with Crippen molar-refractivity contribution in [2.24, 2.45) is 0 Å². The van der Waals surface area contributed by atoms with Crippen LogP contribution in [-0.2, 0) is 14.8 Å². The maximum Gasteiger partial charge on any atom is 0.250 e. The number of hydrogen-bond acceptors (Lipinski definition) is 6. The van der Waals surface area contributed by atoms with Crippen molar-refractivity contribution < 1.29 is 17.9 Å². The molecule has 0 saturated carbocycles. The fourth-order valence-electron chi connectivity index (χ4n) is 2.88. The molecule has 2 aromatic carbocycles. The number of nitrogens with one attached hydrogen (secondary N) is 4. The number of benzene rings is 2. The van der Waals surface area contributed by atoms with E-state index in [1.165, 1.54) is 0 Å². The maximum absolute atomic E-state index is 12.6. The van der Waals surface area contributed by atoms with Crippen molar-refractivity contribution >= 4 is 27.3 Å². The van der Waals surface area contributed by atoms with E-state index in [-0.39, 0.29) is 12.3 Å². The van der Waals surface area contributed by atoms with E-state index in [0.717, 1.165) is 5.56 Å². The van der Waals surface area contributed by atoms with Crippen LogP contribution < -0.4 is 25.6 Å². The molecule has 150 valence electrons. The summed E-state index contributed by atoms with van der Waals surface area (Å²) in [5, 5.41) is 1.86. The minimum atomic E-state index is -3.73. The van der Waals surface area contributed by atoms with Gasteiger partial charge >= 0.3 is 0 Å². The number of sulfonamides is 1. The molecule has 0 aliphatic carbocycles. The van der Waals surface area contributed by atoms with Crippen LogP contribution in [0.15, 0.2) is 48.5 Å². The van der Waals surface area contributed by atoms with Crippen molar-refractivity contribution in [1.29, 1.82) is 0 Å². The lowest BCUT2D eigenvalue weighted by molar-refractivity contribution is -0.117. The van der Waals surface area contributed by atoms with E-state index in [0.29, 0.717) is 23.7 Å². The van der Waals surface area contributed by atoms with Crippen molar-refractivity contribution in [3.63, 3.8) is 0 Å². The number of hydrogen-bond donors (Lipinski definition) is 4. The Morgan fingerprint density at radius 3 is 2.57 bits per heavy atom. The first-order chi connectivity index (χ1) is 13.4. The Labute approximate surface area is 164 Å². The van der Waals surface area contributed by atoms with Crippen molar-refractivity contribution in [3.05, 3.63) is 54.1 Å². The largest absolute Gasteiger partial charge is 0.494 e. The normalized spacial score (nSPS) is 19.2. The SMILES string of the molecule is CCOc1ccc(NS(=O)(=O)C2CC(C(=O)Nc3cccc(C)c3)NN2)cc1. The molecule has 4 N–H and O–H groups in total. The van der Waals surface area contributed by atoms with Gasteiger partial charge in [-0.15, -0.1) is 0 Å². The van der Waals surface area contributed by atoms with Crippen LogP contribution in [-0.4, -0.2) is 32.3 Å². The van der Waals surface area contributed by atoms with Gasteiger partial charge in [-0.05, 0) is 55.8 Å². The number of anilines is 2. The third kappa shape index (κ3) is 5.00. The number of amides is 1. The highest BCUT2D eigenvalue weighted by molar-refractivity contribution is 7.93. The van der Waals surface area contributed by atoms with Gasteiger partial charge in [-0.2, -0.15) is 0 Å². The molecule has 0 bridgehead atoms. The van der Waals surface area contributed by atoms with E-state index < -0.39 is 21.4 Å². The van der Waals surface area contributed by atoms with E-state index >= 15 is 0 Å². The molecular weight excluding hydrogens is 380 g/mol. The minimum Gasteiger partial charge on any atom is -0.494 e. The summed E-state index contributed by atoms with van der Waals surface area (Å²) in [6.07, 6.45) is 0.101. The molecule has 0 aromatic heterocycles. The zero-order valence-electron chi connectivity index (χ0n) is 15.7. The predicted molar refractivity (Wildman–Crippen MR) is 108 cm³/mol. The summed E-state index contributed by atoms with van der Waals surface area (Å²) < 4.78 is 33.1. The lowest BCUT2D eigenvalue weighted by Crippen LogP contribution is -2.42. The Balaban J connectivity index is 1.59. The van der Waals surface area contributed by atoms with E-state index in [2.05, 4.69) is 20.9 Å². The number of carbonyl (C=O) groups excluding carboxylic acids is 1. The summed E-state index contributed by atoms with van der Waals surface area (Å²) in [4.78, 5) is 12.4. The predicted octanol–water partition coefficient (Wildman–Crippen LogP) is 1.97. The molecule has 2 unspecified atom stereocenters. The summed E-state index contributed by atoms with van der Waals surface area (Å²) in [5.41, 5.74) is 7.57. The molecule has 28 heavy (non-hydrogen) atoms. The topological polar surface area (TPSA) is 109 Å². The van der Waals surface area contributed by atoms with Crippen molar-refractivity contribution in [3.8, 4) is 5.75 Å². The molecular formula is C19H24N4O4S. The second-order valence-corrected chi connectivity index (χ2v) is 8.39. The highest BCUT2D eigenvalue weighted by Crippen LogP contribution is 2.20. The molecule has 1 amide bonds. The molecule has 8 nitrogen and oxygen atoms in total. The van der Waals surface area contributed by atoms with Gasteiger partial charge in [0.25, 0.3) is 0 Å². The first-order valence-electron chi connectivity index (χ1n) is 9.00. The molecule has 0 spiro atoms. The Morgan fingerprint density at radius 1 is 1.14 bits per heavy atom. The number of ether oxygens (including phenoxy) is 1. The lowest BCUT2D eigenvalue weighted by atomic mass is 10.2. The van der Waals surface area contributed by atoms with Crippen LogP contribution >= 0.6 is 0 Å². The van der Waals surface area contributed by atoms with Crippen LogP contribution in [0.5, 0.6) is 5.75 Å². The monoisotopic (exact) mass is 404 g/mol. The number of rotatable bonds is 7. The highest BCUT2D eigenvalue weighted by atomic mass is 32.2. The summed E-state index contributed by atoms with van der Waals surface area (Å²) in [6, 6.07) is 13.4. The molecule has 1 heterocycles. The van der Waals surface area contributed by atoms with Crippen molar-refractivity contribution in [2.45, 2.75) is 31.7 Å². The number of carbonyl (C=O) groups is 1. The Kier molecular flexibility index (Phi) is 6.18. The molecule has 1 saturated heterocycles. The second kappa shape index (κ2) is 8.59. The Morgan fingerprint density at radius 2 is 1.89 bits per heavy atom. The van der Waals surface area contributed by atoms with Gasteiger partial charge in [-0.3, -0.25) is 9.52 Å².